The number of carbonyl (C=O) groups excluding carboxylic acids is 5. The number of carbonyl (C=O) groups is 5. The zero-order chi connectivity index (χ0) is 24.8. The van der Waals surface area contributed by atoms with Crippen molar-refractivity contribution < 1.29 is 33.4 Å². The fourth-order valence-electron chi connectivity index (χ4n) is 4.47. The summed E-state index contributed by atoms with van der Waals surface area (Å²) in [7, 11) is 0. The summed E-state index contributed by atoms with van der Waals surface area (Å²) in [5.41, 5.74) is 0.122. The number of imide groups is 2. The van der Waals surface area contributed by atoms with Crippen molar-refractivity contribution in [3.05, 3.63) is 29.3 Å². The molecule has 1 atom stereocenters. The Bertz CT molecular complexity index is 1010. The topological polar surface area (TPSA) is 143 Å². The van der Waals surface area contributed by atoms with Gasteiger partial charge in [0.2, 0.25) is 11.8 Å². The van der Waals surface area contributed by atoms with Gasteiger partial charge in [-0.3, -0.25) is 34.2 Å². The SMILES string of the molecule is O=C(COc1cccc2c1C(=O)N(C1CCC(=O)NC1=O)C2=O)NCCCCOC1CCNCC1. The Hall–Kier alpha value is -3.31. The fraction of sp³-hybridized carbons (Fsp3) is 0.542. The average molecular weight is 487 g/mol. The number of hydrogen-bond acceptors (Lipinski definition) is 8. The first-order chi connectivity index (χ1) is 17.0. The average Bonchev–Trinajstić information content (AvgIpc) is 3.11. The van der Waals surface area contributed by atoms with Crippen molar-refractivity contribution in [2.75, 3.05) is 32.8 Å². The minimum atomic E-state index is -1.06. The van der Waals surface area contributed by atoms with Crippen molar-refractivity contribution in [1.82, 2.24) is 20.9 Å². The second-order valence-electron chi connectivity index (χ2n) is 8.79. The van der Waals surface area contributed by atoms with Gasteiger partial charge in [-0.2, -0.15) is 0 Å². The van der Waals surface area contributed by atoms with Gasteiger partial charge in [0.15, 0.2) is 6.61 Å². The summed E-state index contributed by atoms with van der Waals surface area (Å²) in [5, 5.41) is 8.23. The van der Waals surface area contributed by atoms with E-state index >= 15 is 0 Å². The molecule has 11 heteroatoms. The minimum absolute atomic E-state index is 0.0186. The van der Waals surface area contributed by atoms with Crippen LogP contribution in [0.5, 0.6) is 5.75 Å². The van der Waals surface area contributed by atoms with E-state index in [-0.39, 0.29) is 42.2 Å². The maximum Gasteiger partial charge on any atom is 0.266 e. The Morgan fingerprint density at radius 3 is 2.63 bits per heavy atom. The van der Waals surface area contributed by atoms with Crippen LogP contribution in [0.1, 0.15) is 59.2 Å². The molecule has 35 heavy (non-hydrogen) atoms. The van der Waals surface area contributed by atoms with E-state index in [0.29, 0.717) is 19.3 Å². The standard InChI is InChI=1S/C24H30N4O7/c29-19-7-6-17(22(31)27-19)28-23(32)16-4-3-5-18(21(16)24(28)33)35-14-20(30)26-10-1-2-13-34-15-8-11-25-12-9-15/h3-5,15,17,25H,1-2,6-14H2,(H,26,30)(H,27,29,31). The summed E-state index contributed by atoms with van der Waals surface area (Å²) >= 11 is 0. The second kappa shape index (κ2) is 11.4. The van der Waals surface area contributed by atoms with Crippen LogP contribution in [0, 0.1) is 0 Å². The molecule has 4 rings (SSSR count). The molecule has 0 saturated carbocycles. The molecule has 0 bridgehead atoms. The van der Waals surface area contributed by atoms with Crippen molar-refractivity contribution in [2.24, 2.45) is 0 Å². The fourth-order valence-corrected chi connectivity index (χ4v) is 4.47. The number of amides is 5. The summed E-state index contributed by atoms with van der Waals surface area (Å²) in [6, 6.07) is 3.46. The number of piperidine rings is 2. The van der Waals surface area contributed by atoms with Gasteiger partial charge in [-0.15, -0.1) is 0 Å². The van der Waals surface area contributed by atoms with Crippen LogP contribution in [-0.4, -0.2) is 79.4 Å². The van der Waals surface area contributed by atoms with Crippen molar-refractivity contribution in [3.63, 3.8) is 0 Å². The lowest BCUT2D eigenvalue weighted by Gasteiger charge is -2.27. The summed E-state index contributed by atoms with van der Waals surface area (Å²) in [5.74, 6) is -2.67. The third-order valence-electron chi connectivity index (χ3n) is 6.32. The Morgan fingerprint density at radius 2 is 1.86 bits per heavy atom. The molecule has 3 heterocycles. The zero-order valence-electron chi connectivity index (χ0n) is 19.5. The number of ether oxygens (including phenoxy) is 2. The van der Waals surface area contributed by atoms with Gasteiger partial charge in [-0.1, -0.05) is 6.07 Å². The maximum absolute atomic E-state index is 13.0. The number of unbranched alkanes of at least 4 members (excludes halogenated alkanes) is 1. The highest BCUT2D eigenvalue weighted by Crippen LogP contribution is 2.33. The van der Waals surface area contributed by atoms with Crippen molar-refractivity contribution in [2.45, 2.75) is 50.7 Å². The maximum atomic E-state index is 13.0. The van der Waals surface area contributed by atoms with Gasteiger partial charge in [0.1, 0.15) is 11.8 Å². The normalized spacial score (nSPS) is 20.6. The van der Waals surface area contributed by atoms with E-state index in [2.05, 4.69) is 16.0 Å². The zero-order valence-corrected chi connectivity index (χ0v) is 19.5. The largest absolute Gasteiger partial charge is 0.483 e. The Morgan fingerprint density at radius 1 is 1.06 bits per heavy atom. The van der Waals surface area contributed by atoms with Crippen molar-refractivity contribution in [1.29, 1.82) is 0 Å². The molecule has 0 aromatic heterocycles. The molecular weight excluding hydrogens is 456 g/mol. The van der Waals surface area contributed by atoms with Crippen LogP contribution in [-0.2, 0) is 19.1 Å². The predicted octanol–water partition coefficient (Wildman–Crippen LogP) is 0.132. The van der Waals surface area contributed by atoms with E-state index < -0.39 is 29.7 Å². The molecule has 188 valence electrons. The highest BCUT2D eigenvalue weighted by molar-refractivity contribution is 6.24. The smallest absolute Gasteiger partial charge is 0.266 e. The molecule has 1 aromatic rings. The van der Waals surface area contributed by atoms with Crippen LogP contribution in [0.2, 0.25) is 0 Å². The highest BCUT2D eigenvalue weighted by Gasteiger charge is 2.46. The molecule has 2 fully saturated rings. The Kier molecular flexibility index (Phi) is 8.09. The van der Waals surface area contributed by atoms with Crippen LogP contribution in [0.3, 0.4) is 0 Å². The summed E-state index contributed by atoms with van der Waals surface area (Å²) in [6.07, 6.45) is 4.07. The van der Waals surface area contributed by atoms with Crippen molar-refractivity contribution >= 4 is 29.5 Å². The van der Waals surface area contributed by atoms with E-state index in [1.165, 1.54) is 12.1 Å². The van der Waals surface area contributed by atoms with Gasteiger partial charge < -0.3 is 20.1 Å². The quantitative estimate of drug-likeness (QED) is 0.313. The molecule has 0 spiro atoms. The second-order valence-corrected chi connectivity index (χ2v) is 8.79. The number of rotatable bonds is 10. The lowest BCUT2D eigenvalue weighted by atomic mass is 10.0. The van der Waals surface area contributed by atoms with E-state index in [9.17, 15) is 24.0 Å². The van der Waals surface area contributed by atoms with Crippen LogP contribution in [0.15, 0.2) is 18.2 Å². The molecule has 0 aliphatic carbocycles. The Labute approximate surface area is 202 Å². The van der Waals surface area contributed by atoms with Gasteiger partial charge in [0.25, 0.3) is 17.7 Å². The third-order valence-corrected chi connectivity index (χ3v) is 6.32. The first kappa shape index (κ1) is 24.8. The van der Waals surface area contributed by atoms with Crippen molar-refractivity contribution in [3.8, 4) is 5.75 Å². The highest BCUT2D eigenvalue weighted by atomic mass is 16.5. The predicted molar refractivity (Wildman–Crippen MR) is 123 cm³/mol. The molecule has 3 aliphatic heterocycles. The Balaban J connectivity index is 1.24. The summed E-state index contributed by atoms with van der Waals surface area (Å²) < 4.78 is 11.4. The molecule has 5 amide bonds. The van der Waals surface area contributed by atoms with Crippen LogP contribution >= 0.6 is 0 Å². The third kappa shape index (κ3) is 5.85. The lowest BCUT2D eigenvalue weighted by Crippen LogP contribution is -2.54. The van der Waals surface area contributed by atoms with Gasteiger partial charge >= 0.3 is 0 Å². The van der Waals surface area contributed by atoms with E-state index in [4.69, 9.17) is 9.47 Å². The molecule has 3 aliphatic rings. The number of nitrogens with one attached hydrogen (secondary N) is 3. The molecule has 1 unspecified atom stereocenters. The monoisotopic (exact) mass is 486 g/mol. The molecule has 11 nitrogen and oxygen atoms in total. The first-order valence-corrected chi connectivity index (χ1v) is 12.0. The number of nitrogens with zero attached hydrogens (tertiary/aromatic N) is 1. The van der Waals surface area contributed by atoms with E-state index in [0.717, 1.165) is 43.7 Å². The molecule has 3 N–H and O–H groups in total. The molecule has 1 aromatic carbocycles. The van der Waals surface area contributed by atoms with E-state index in [1.807, 2.05) is 0 Å². The van der Waals surface area contributed by atoms with Gasteiger partial charge in [-0.25, -0.2) is 0 Å². The lowest BCUT2D eigenvalue weighted by molar-refractivity contribution is -0.136. The van der Waals surface area contributed by atoms with Gasteiger partial charge in [-0.05, 0) is 57.3 Å². The first-order valence-electron chi connectivity index (χ1n) is 12.0. The van der Waals surface area contributed by atoms with E-state index in [1.54, 1.807) is 6.07 Å². The van der Waals surface area contributed by atoms with Crippen LogP contribution in [0.25, 0.3) is 0 Å². The van der Waals surface area contributed by atoms with Crippen LogP contribution in [0.4, 0.5) is 0 Å². The van der Waals surface area contributed by atoms with Gasteiger partial charge in [0.05, 0.1) is 17.2 Å². The summed E-state index contributed by atoms with van der Waals surface area (Å²) in [4.78, 5) is 62.6. The number of hydrogen-bond donors (Lipinski definition) is 3. The molecule has 0 radical (unpaired) electrons. The van der Waals surface area contributed by atoms with Gasteiger partial charge in [0, 0.05) is 19.6 Å². The molecule has 2 saturated heterocycles. The minimum Gasteiger partial charge on any atom is -0.483 e. The summed E-state index contributed by atoms with van der Waals surface area (Å²) in [6.45, 7) is 2.79. The number of fused-ring (bicyclic) bond motifs is 1. The van der Waals surface area contributed by atoms with Crippen LogP contribution < -0.4 is 20.7 Å². The number of benzene rings is 1. The molecular formula is C24H30N4O7.